The molecule has 1 fully saturated rings. The van der Waals surface area contributed by atoms with Crippen LogP contribution in [0.1, 0.15) is 11.1 Å². The first-order chi connectivity index (χ1) is 10.8. The lowest BCUT2D eigenvalue weighted by Gasteiger charge is -2.20. The second-order valence-electron chi connectivity index (χ2n) is 5.95. The van der Waals surface area contributed by atoms with Crippen molar-refractivity contribution in [2.75, 3.05) is 27.2 Å². The summed E-state index contributed by atoms with van der Waals surface area (Å²) in [7, 11) is 3.18. The van der Waals surface area contributed by atoms with Crippen molar-refractivity contribution in [2.45, 2.75) is 19.3 Å². The number of carbonyl (C=O) groups is 1. The molecule has 0 unspecified atom stereocenters. The van der Waals surface area contributed by atoms with Gasteiger partial charge < -0.3 is 15.0 Å². The summed E-state index contributed by atoms with van der Waals surface area (Å²) in [4.78, 5) is 13.7. The molecule has 2 rings (SSSR count). The highest BCUT2D eigenvalue weighted by Crippen LogP contribution is 2.37. The molecule has 2 atom stereocenters. The third-order valence-corrected chi connectivity index (χ3v) is 4.03. The Balaban J connectivity index is 1.97. The van der Waals surface area contributed by atoms with E-state index in [1.54, 1.807) is 19.1 Å². The standard InChI is InChI=1S/C16H21F3N2O2/c1-21-8-13(14(9-21)16(17,18)19)15(22)20-7-11-4-3-5-12(6-11)10-23-2/h3-6,13-14H,7-10H2,1-2H3,(H,20,22)/t13-,14-/m1/s1. The predicted octanol–water partition coefficient (Wildman–Crippen LogP) is 2.19. The van der Waals surface area contributed by atoms with Gasteiger partial charge in [0.25, 0.3) is 0 Å². The SMILES string of the molecule is COCc1cccc(CNC(=O)[C@@H]2CN(C)C[C@H]2C(F)(F)F)c1. The van der Waals surface area contributed by atoms with Crippen LogP contribution in [0.5, 0.6) is 0 Å². The van der Waals surface area contributed by atoms with Crippen molar-refractivity contribution in [3.05, 3.63) is 35.4 Å². The maximum absolute atomic E-state index is 13.0. The zero-order valence-electron chi connectivity index (χ0n) is 13.2. The number of hydrogen-bond acceptors (Lipinski definition) is 3. The van der Waals surface area contributed by atoms with Gasteiger partial charge in [0.2, 0.25) is 5.91 Å². The van der Waals surface area contributed by atoms with Gasteiger partial charge in [-0.3, -0.25) is 4.79 Å². The molecule has 1 heterocycles. The monoisotopic (exact) mass is 330 g/mol. The third kappa shape index (κ3) is 4.68. The molecule has 0 aromatic heterocycles. The topological polar surface area (TPSA) is 41.6 Å². The van der Waals surface area contributed by atoms with E-state index >= 15 is 0 Å². The van der Waals surface area contributed by atoms with Crippen molar-refractivity contribution in [3.63, 3.8) is 0 Å². The number of methoxy groups -OCH3 is 1. The molecule has 0 aliphatic carbocycles. The van der Waals surface area contributed by atoms with E-state index in [1.165, 1.54) is 0 Å². The number of nitrogens with zero attached hydrogens (tertiary/aromatic N) is 1. The molecule has 0 spiro atoms. The zero-order chi connectivity index (χ0) is 17.0. The number of nitrogens with one attached hydrogen (secondary N) is 1. The fraction of sp³-hybridized carbons (Fsp3) is 0.562. The summed E-state index contributed by atoms with van der Waals surface area (Å²) in [5.41, 5.74) is 1.79. The quantitative estimate of drug-likeness (QED) is 0.900. The van der Waals surface area contributed by atoms with Gasteiger partial charge in [-0.2, -0.15) is 13.2 Å². The summed E-state index contributed by atoms with van der Waals surface area (Å²) in [6.07, 6.45) is -4.36. The maximum atomic E-state index is 13.0. The van der Waals surface area contributed by atoms with Crippen molar-refractivity contribution in [1.29, 1.82) is 0 Å². The molecule has 23 heavy (non-hydrogen) atoms. The average Bonchev–Trinajstić information content (AvgIpc) is 2.88. The van der Waals surface area contributed by atoms with Crippen LogP contribution in [0.3, 0.4) is 0 Å². The Labute approximate surface area is 133 Å². The molecule has 128 valence electrons. The first-order valence-corrected chi connectivity index (χ1v) is 7.41. The van der Waals surface area contributed by atoms with E-state index < -0.39 is 23.9 Å². The highest BCUT2D eigenvalue weighted by Gasteiger charge is 2.51. The molecular formula is C16H21F3N2O2. The molecular weight excluding hydrogens is 309 g/mol. The summed E-state index contributed by atoms with van der Waals surface area (Å²) >= 11 is 0. The molecule has 1 aromatic rings. The predicted molar refractivity (Wildman–Crippen MR) is 79.5 cm³/mol. The smallest absolute Gasteiger partial charge is 0.380 e. The van der Waals surface area contributed by atoms with Gasteiger partial charge in [0, 0.05) is 26.7 Å². The normalized spacial score (nSPS) is 22.3. The summed E-state index contributed by atoms with van der Waals surface area (Å²) in [6.45, 7) is 0.650. The van der Waals surface area contributed by atoms with Crippen molar-refractivity contribution >= 4 is 5.91 Å². The molecule has 1 saturated heterocycles. The molecule has 1 N–H and O–H groups in total. The number of alkyl halides is 3. The minimum atomic E-state index is -4.36. The number of likely N-dealkylation sites (tertiary alicyclic amines) is 1. The number of hydrogen-bond donors (Lipinski definition) is 1. The highest BCUT2D eigenvalue weighted by molar-refractivity contribution is 5.79. The van der Waals surface area contributed by atoms with Crippen LogP contribution in [0, 0.1) is 11.8 Å². The molecule has 1 aliphatic heterocycles. The lowest BCUT2D eigenvalue weighted by atomic mass is 9.94. The Hall–Kier alpha value is -1.60. The number of rotatable bonds is 5. The Morgan fingerprint density at radius 1 is 1.35 bits per heavy atom. The average molecular weight is 330 g/mol. The van der Waals surface area contributed by atoms with Crippen molar-refractivity contribution in [3.8, 4) is 0 Å². The molecule has 1 aliphatic rings. The lowest BCUT2D eigenvalue weighted by Crippen LogP contribution is -2.39. The Morgan fingerprint density at radius 2 is 2.04 bits per heavy atom. The first-order valence-electron chi connectivity index (χ1n) is 7.41. The van der Waals surface area contributed by atoms with Gasteiger partial charge in [-0.1, -0.05) is 24.3 Å². The van der Waals surface area contributed by atoms with Crippen LogP contribution in [0.15, 0.2) is 24.3 Å². The Morgan fingerprint density at radius 3 is 2.70 bits per heavy atom. The van der Waals surface area contributed by atoms with E-state index in [2.05, 4.69) is 5.32 Å². The first kappa shape index (κ1) is 17.7. The molecule has 0 radical (unpaired) electrons. The molecule has 0 saturated carbocycles. The zero-order valence-corrected chi connectivity index (χ0v) is 13.2. The van der Waals surface area contributed by atoms with Gasteiger partial charge in [-0.25, -0.2) is 0 Å². The van der Waals surface area contributed by atoms with E-state index in [-0.39, 0.29) is 19.6 Å². The van der Waals surface area contributed by atoms with Crippen LogP contribution in [0.2, 0.25) is 0 Å². The van der Waals surface area contributed by atoms with E-state index in [1.807, 2.05) is 24.3 Å². The number of carbonyl (C=O) groups excluding carboxylic acids is 1. The van der Waals surface area contributed by atoms with E-state index in [0.29, 0.717) is 6.61 Å². The van der Waals surface area contributed by atoms with Crippen LogP contribution < -0.4 is 5.32 Å². The fourth-order valence-electron chi connectivity index (χ4n) is 2.91. The van der Waals surface area contributed by atoms with Gasteiger partial charge in [0.1, 0.15) is 0 Å². The van der Waals surface area contributed by atoms with Gasteiger partial charge in [0.05, 0.1) is 18.4 Å². The van der Waals surface area contributed by atoms with Gasteiger partial charge in [0.15, 0.2) is 0 Å². The van der Waals surface area contributed by atoms with Crippen LogP contribution in [-0.4, -0.2) is 44.2 Å². The largest absolute Gasteiger partial charge is 0.393 e. The van der Waals surface area contributed by atoms with Gasteiger partial charge in [-0.05, 0) is 18.2 Å². The number of amides is 1. The summed E-state index contributed by atoms with van der Waals surface area (Å²) < 4.78 is 44.1. The number of benzene rings is 1. The lowest BCUT2D eigenvalue weighted by molar-refractivity contribution is -0.183. The van der Waals surface area contributed by atoms with Crippen molar-refractivity contribution < 1.29 is 22.7 Å². The van der Waals surface area contributed by atoms with Crippen LogP contribution in [-0.2, 0) is 22.7 Å². The summed E-state index contributed by atoms with van der Waals surface area (Å²) in [6, 6.07) is 7.41. The summed E-state index contributed by atoms with van der Waals surface area (Å²) in [5, 5.41) is 2.63. The molecule has 7 heteroatoms. The molecule has 4 nitrogen and oxygen atoms in total. The minimum Gasteiger partial charge on any atom is -0.380 e. The Kier molecular flexibility index (Phi) is 5.64. The molecule has 0 bridgehead atoms. The van der Waals surface area contributed by atoms with Crippen molar-refractivity contribution in [2.24, 2.45) is 11.8 Å². The third-order valence-electron chi connectivity index (χ3n) is 4.03. The number of halogens is 3. The van der Waals surface area contributed by atoms with Gasteiger partial charge in [-0.15, -0.1) is 0 Å². The van der Waals surface area contributed by atoms with E-state index in [0.717, 1.165) is 11.1 Å². The Bertz CT molecular complexity index is 548. The summed E-state index contributed by atoms with van der Waals surface area (Å²) in [5.74, 6) is -3.21. The molecule has 1 aromatic carbocycles. The highest BCUT2D eigenvalue weighted by atomic mass is 19.4. The number of ether oxygens (including phenoxy) is 1. The van der Waals surface area contributed by atoms with Crippen LogP contribution in [0.4, 0.5) is 13.2 Å². The van der Waals surface area contributed by atoms with Crippen LogP contribution >= 0.6 is 0 Å². The second kappa shape index (κ2) is 7.31. The van der Waals surface area contributed by atoms with E-state index in [4.69, 9.17) is 4.74 Å². The second-order valence-corrected chi connectivity index (χ2v) is 5.95. The van der Waals surface area contributed by atoms with Crippen LogP contribution in [0.25, 0.3) is 0 Å². The minimum absolute atomic E-state index is 0.125. The van der Waals surface area contributed by atoms with Crippen molar-refractivity contribution in [1.82, 2.24) is 10.2 Å². The molecule has 1 amide bonds. The maximum Gasteiger partial charge on any atom is 0.393 e. The van der Waals surface area contributed by atoms with E-state index in [9.17, 15) is 18.0 Å². The van der Waals surface area contributed by atoms with Gasteiger partial charge >= 0.3 is 6.18 Å². The fourth-order valence-corrected chi connectivity index (χ4v) is 2.91.